The van der Waals surface area contributed by atoms with Crippen LogP contribution in [-0.4, -0.2) is 28.4 Å². The van der Waals surface area contributed by atoms with Crippen LogP contribution in [-0.2, 0) is 0 Å². The standard InChI is InChI=1S/C17H23NO2/c1-12(19)17(2,3)18-11-16(20)15-9-8-13-6-4-5-7-14(13)10-15/h4-10,12,16,18-20H,11H2,1-3H3. The molecule has 0 fully saturated rings. The van der Waals surface area contributed by atoms with Crippen LogP contribution in [0.25, 0.3) is 10.8 Å². The van der Waals surface area contributed by atoms with Crippen molar-refractivity contribution in [2.45, 2.75) is 38.5 Å². The van der Waals surface area contributed by atoms with Gasteiger partial charge in [-0.05, 0) is 43.2 Å². The summed E-state index contributed by atoms with van der Waals surface area (Å²) in [5.41, 5.74) is 0.468. The highest BCUT2D eigenvalue weighted by atomic mass is 16.3. The van der Waals surface area contributed by atoms with E-state index in [2.05, 4.69) is 11.4 Å². The van der Waals surface area contributed by atoms with Crippen LogP contribution in [0.15, 0.2) is 42.5 Å². The molecule has 0 saturated heterocycles. The van der Waals surface area contributed by atoms with Crippen LogP contribution >= 0.6 is 0 Å². The Labute approximate surface area is 120 Å². The zero-order chi connectivity index (χ0) is 14.8. The van der Waals surface area contributed by atoms with Crippen molar-refractivity contribution in [2.24, 2.45) is 0 Å². The first-order valence-corrected chi connectivity index (χ1v) is 7.00. The molecule has 0 radical (unpaired) electrons. The van der Waals surface area contributed by atoms with E-state index in [1.165, 1.54) is 5.39 Å². The molecule has 0 aromatic heterocycles. The number of β-amino-alcohol motifs (C(OH)–C–C–N with tert-alkyl or cyclic N) is 1. The molecule has 3 heteroatoms. The maximum absolute atomic E-state index is 10.3. The van der Waals surface area contributed by atoms with Gasteiger partial charge in [-0.2, -0.15) is 0 Å². The van der Waals surface area contributed by atoms with E-state index in [1.807, 2.05) is 50.2 Å². The lowest BCUT2D eigenvalue weighted by Crippen LogP contribution is -2.49. The van der Waals surface area contributed by atoms with E-state index in [9.17, 15) is 10.2 Å². The van der Waals surface area contributed by atoms with Gasteiger partial charge in [0.1, 0.15) is 0 Å². The second-order valence-corrected chi connectivity index (χ2v) is 5.90. The van der Waals surface area contributed by atoms with Gasteiger partial charge in [-0.1, -0.05) is 36.4 Å². The minimum atomic E-state index is -0.586. The Morgan fingerprint density at radius 1 is 1.05 bits per heavy atom. The molecular formula is C17H23NO2. The average molecular weight is 273 g/mol. The summed E-state index contributed by atoms with van der Waals surface area (Å²) >= 11 is 0. The fourth-order valence-electron chi connectivity index (χ4n) is 2.04. The smallest absolute Gasteiger partial charge is 0.0914 e. The highest BCUT2D eigenvalue weighted by Gasteiger charge is 2.24. The molecule has 108 valence electrons. The Kier molecular flexibility index (Phi) is 4.43. The Hall–Kier alpha value is -1.42. The Morgan fingerprint density at radius 3 is 2.35 bits per heavy atom. The summed E-state index contributed by atoms with van der Waals surface area (Å²) in [6, 6.07) is 14.1. The largest absolute Gasteiger partial charge is 0.392 e. The monoisotopic (exact) mass is 273 g/mol. The quantitative estimate of drug-likeness (QED) is 0.785. The average Bonchev–Trinajstić information content (AvgIpc) is 2.44. The maximum atomic E-state index is 10.3. The number of fused-ring (bicyclic) bond motifs is 1. The topological polar surface area (TPSA) is 52.5 Å². The number of rotatable bonds is 5. The van der Waals surface area contributed by atoms with Crippen molar-refractivity contribution < 1.29 is 10.2 Å². The summed E-state index contributed by atoms with van der Waals surface area (Å²) in [6.07, 6.45) is -1.07. The molecule has 2 rings (SSSR count). The van der Waals surface area contributed by atoms with Crippen molar-refractivity contribution >= 4 is 10.8 Å². The molecule has 0 spiro atoms. The summed E-state index contributed by atoms with van der Waals surface area (Å²) in [5.74, 6) is 0. The van der Waals surface area contributed by atoms with Gasteiger partial charge in [0.2, 0.25) is 0 Å². The van der Waals surface area contributed by atoms with E-state index < -0.39 is 17.7 Å². The summed E-state index contributed by atoms with van der Waals surface area (Å²) in [5, 5.41) is 25.4. The second kappa shape index (κ2) is 5.92. The molecular weight excluding hydrogens is 250 g/mol. The summed E-state index contributed by atoms with van der Waals surface area (Å²) in [4.78, 5) is 0. The van der Waals surface area contributed by atoms with Crippen LogP contribution in [0.2, 0.25) is 0 Å². The lowest BCUT2D eigenvalue weighted by atomic mass is 9.97. The molecule has 3 N–H and O–H groups in total. The molecule has 0 aliphatic carbocycles. The van der Waals surface area contributed by atoms with Gasteiger partial charge >= 0.3 is 0 Å². The van der Waals surface area contributed by atoms with Crippen LogP contribution < -0.4 is 5.32 Å². The number of hydrogen-bond acceptors (Lipinski definition) is 3. The summed E-state index contributed by atoms with van der Waals surface area (Å²) in [6.45, 7) is 6.00. The number of benzene rings is 2. The van der Waals surface area contributed by atoms with E-state index in [4.69, 9.17) is 0 Å². The lowest BCUT2D eigenvalue weighted by molar-refractivity contribution is 0.0804. The van der Waals surface area contributed by atoms with E-state index in [1.54, 1.807) is 6.92 Å². The number of aliphatic hydroxyl groups excluding tert-OH is 2. The van der Waals surface area contributed by atoms with Crippen molar-refractivity contribution in [1.29, 1.82) is 0 Å². The summed E-state index contributed by atoms with van der Waals surface area (Å²) < 4.78 is 0. The van der Waals surface area contributed by atoms with Crippen LogP contribution in [0, 0.1) is 0 Å². The van der Waals surface area contributed by atoms with E-state index in [0.29, 0.717) is 6.54 Å². The third-order valence-corrected chi connectivity index (χ3v) is 3.95. The van der Waals surface area contributed by atoms with Crippen LogP contribution in [0.4, 0.5) is 0 Å². The third kappa shape index (κ3) is 3.37. The molecule has 0 amide bonds. The molecule has 3 nitrogen and oxygen atoms in total. The molecule has 0 aliphatic rings. The van der Waals surface area contributed by atoms with E-state index in [0.717, 1.165) is 10.9 Å². The second-order valence-electron chi connectivity index (χ2n) is 5.90. The van der Waals surface area contributed by atoms with Crippen LogP contribution in [0.1, 0.15) is 32.4 Å². The molecule has 0 saturated carbocycles. The predicted octanol–water partition coefficient (Wildman–Crippen LogP) is 2.62. The van der Waals surface area contributed by atoms with Crippen molar-refractivity contribution in [3.63, 3.8) is 0 Å². The third-order valence-electron chi connectivity index (χ3n) is 3.95. The summed E-state index contributed by atoms with van der Waals surface area (Å²) in [7, 11) is 0. The molecule has 20 heavy (non-hydrogen) atoms. The maximum Gasteiger partial charge on any atom is 0.0914 e. The first kappa shape index (κ1) is 15.0. The molecule has 2 aromatic carbocycles. The molecule has 0 bridgehead atoms. The van der Waals surface area contributed by atoms with Crippen molar-refractivity contribution in [3.05, 3.63) is 48.0 Å². The van der Waals surface area contributed by atoms with Crippen molar-refractivity contribution in [2.75, 3.05) is 6.54 Å². The van der Waals surface area contributed by atoms with Gasteiger partial charge in [0.15, 0.2) is 0 Å². The minimum Gasteiger partial charge on any atom is -0.392 e. The van der Waals surface area contributed by atoms with E-state index >= 15 is 0 Å². The van der Waals surface area contributed by atoms with Crippen molar-refractivity contribution in [1.82, 2.24) is 5.32 Å². The zero-order valence-electron chi connectivity index (χ0n) is 12.3. The van der Waals surface area contributed by atoms with Gasteiger partial charge in [0.05, 0.1) is 12.2 Å². The van der Waals surface area contributed by atoms with Crippen molar-refractivity contribution in [3.8, 4) is 0 Å². The normalized spacial score (nSPS) is 15.2. The molecule has 2 aromatic rings. The Bertz CT molecular complexity index is 578. The van der Waals surface area contributed by atoms with Gasteiger partial charge in [0.25, 0.3) is 0 Å². The van der Waals surface area contributed by atoms with Gasteiger partial charge in [0, 0.05) is 12.1 Å². The first-order valence-electron chi connectivity index (χ1n) is 7.00. The van der Waals surface area contributed by atoms with E-state index in [-0.39, 0.29) is 0 Å². The van der Waals surface area contributed by atoms with Gasteiger partial charge < -0.3 is 15.5 Å². The molecule has 0 aliphatic heterocycles. The van der Waals surface area contributed by atoms with Gasteiger partial charge in [-0.25, -0.2) is 0 Å². The lowest BCUT2D eigenvalue weighted by Gasteiger charge is -2.30. The molecule has 0 heterocycles. The number of nitrogens with one attached hydrogen (secondary N) is 1. The number of hydrogen-bond donors (Lipinski definition) is 3. The highest BCUT2D eigenvalue weighted by Crippen LogP contribution is 2.21. The SMILES string of the molecule is CC(O)C(C)(C)NCC(O)c1ccc2ccccc2c1. The fourth-order valence-corrected chi connectivity index (χ4v) is 2.04. The predicted molar refractivity (Wildman–Crippen MR) is 82.7 cm³/mol. The van der Waals surface area contributed by atoms with Crippen LogP contribution in [0.5, 0.6) is 0 Å². The number of aliphatic hydroxyl groups is 2. The highest BCUT2D eigenvalue weighted by molar-refractivity contribution is 5.83. The molecule has 2 atom stereocenters. The molecule has 2 unspecified atom stereocenters. The van der Waals surface area contributed by atoms with Gasteiger partial charge in [-0.15, -0.1) is 0 Å². The van der Waals surface area contributed by atoms with Gasteiger partial charge in [-0.3, -0.25) is 0 Å². The Balaban J connectivity index is 2.09. The zero-order valence-corrected chi connectivity index (χ0v) is 12.3. The first-order chi connectivity index (χ1) is 9.40. The minimum absolute atomic E-state index is 0.413. The fraction of sp³-hybridized carbons (Fsp3) is 0.412. The Morgan fingerprint density at radius 2 is 1.70 bits per heavy atom. The van der Waals surface area contributed by atoms with Crippen LogP contribution in [0.3, 0.4) is 0 Å².